The maximum absolute atomic E-state index is 4.56. The number of unbranched alkanes of at least 4 members (excludes halogenated alkanes) is 1. The van der Waals surface area contributed by atoms with E-state index in [-0.39, 0.29) is 0 Å². The van der Waals surface area contributed by atoms with E-state index in [0.717, 1.165) is 32.1 Å². The van der Waals surface area contributed by atoms with Gasteiger partial charge in [-0.3, -0.25) is 4.99 Å². The van der Waals surface area contributed by atoms with E-state index < -0.39 is 0 Å². The van der Waals surface area contributed by atoms with Gasteiger partial charge in [-0.1, -0.05) is 19.8 Å². The van der Waals surface area contributed by atoms with Gasteiger partial charge in [-0.2, -0.15) is 0 Å². The first kappa shape index (κ1) is 15.3. The molecule has 1 aliphatic heterocycles. The first-order valence-electron chi connectivity index (χ1n) is 7.61. The molecule has 0 amide bonds. The Morgan fingerprint density at radius 3 is 2.56 bits per heavy atom. The Kier molecular flexibility index (Phi) is 8.65. The van der Waals surface area contributed by atoms with E-state index >= 15 is 0 Å². The molecular weight excluding hydrogens is 224 g/mol. The zero-order valence-electron chi connectivity index (χ0n) is 12.2. The van der Waals surface area contributed by atoms with E-state index in [0.29, 0.717) is 0 Å². The Labute approximate surface area is 112 Å². The molecule has 0 atom stereocenters. The van der Waals surface area contributed by atoms with Gasteiger partial charge in [0, 0.05) is 26.2 Å². The number of nitrogens with zero attached hydrogens (tertiary/aromatic N) is 2. The monoisotopic (exact) mass is 254 g/mol. The van der Waals surface area contributed by atoms with Gasteiger partial charge in [0.1, 0.15) is 0 Å². The highest BCUT2D eigenvalue weighted by molar-refractivity contribution is 5.79. The largest absolute Gasteiger partial charge is 0.357 e. The molecule has 2 N–H and O–H groups in total. The average molecular weight is 254 g/mol. The van der Waals surface area contributed by atoms with E-state index in [2.05, 4.69) is 34.4 Å². The van der Waals surface area contributed by atoms with Gasteiger partial charge >= 0.3 is 0 Å². The fourth-order valence-electron chi connectivity index (χ4n) is 2.21. The minimum absolute atomic E-state index is 0.926. The molecule has 1 aliphatic rings. The van der Waals surface area contributed by atoms with Gasteiger partial charge in [-0.05, 0) is 39.3 Å². The zero-order valence-corrected chi connectivity index (χ0v) is 12.2. The Hall–Kier alpha value is -0.770. The Balaban J connectivity index is 2.17. The van der Waals surface area contributed by atoms with Gasteiger partial charge in [0.05, 0.1) is 0 Å². The second kappa shape index (κ2) is 10.2. The number of guanidine groups is 1. The van der Waals surface area contributed by atoms with Crippen LogP contribution < -0.4 is 10.6 Å². The molecule has 4 heteroatoms. The predicted octanol–water partition coefficient (Wildman–Crippen LogP) is 1.83. The van der Waals surface area contributed by atoms with Crippen LogP contribution in [0.2, 0.25) is 0 Å². The van der Waals surface area contributed by atoms with E-state index in [1.807, 2.05) is 0 Å². The lowest BCUT2D eigenvalue weighted by atomic mass is 10.1. The average Bonchev–Trinajstić information content (AvgIpc) is 2.40. The van der Waals surface area contributed by atoms with Crippen LogP contribution in [0, 0.1) is 0 Å². The topological polar surface area (TPSA) is 39.7 Å². The number of hydrogen-bond acceptors (Lipinski definition) is 2. The molecule has 1 fully saturated rings. The van der Waals surface area contributed by atoms with Crippen molar-refractivity contribution in [3.8, 4) is 0 Å². The van der Waals surface area contributed by atoms with Gasteiger partial charge in [0.2, 0.25) is 0 Å². The lowest BCUT2D eigenvalue weighted by Crippen LogP contribution is -2.42. The summed E-state index contributed by atoms with van der Waals surface area (Å²) in [7, 11) is 0. The Morgan fingerprint density at radius 1 is 1.11 bits per heavy atom. The molecule has 0 saturated carbocycles. The van der Waals surface area contributed by atoms with Gasteiger partial charge in [-0.15, -0.1) is 0 Å². The summed E-state index contributed by atoms with van der Waals surface area (Å²) in [5, 5.41) is 6.72. The van der Waals surface area contributed by atoms with Crippen LogP contribution in [-0.4, -0.2) is 50.1 Å². The van der Waals surface area contributed by atoms with E-state index in [1.54, 1.807) is 0 Å². The second-order valence-corrected chi connectivity index (χ2v) is 4.94. The molecule has 0 aliphatic carbocycles. The van der Waals surface area contributed by atoms with Crippen molar-refractivity contribution in [2.75, 3.05) is 39.3 Å². The van der Waals surface area contributed by atoms with Crippen LogP contribution in [0.5, 0.6) is 0 Å². The van der Waals surface area contributed by atoms with Crippen LogP contribution in [-0.2, 0) is 0 Å². The lowest BCUT2D eigenvalue weighted by Gasteiger charge is -2.26. The molecule has 18 heavy (non-hydrogen) atoms. The van der Waals surface area contributed by atoms with Crippen molar-refractivity contribution in [1.29, 1.82) is 0 Å². The number of likely N-dealkylation sites (tertiary alicyclic amines) is 1. The summed E-state index contributed by atoms with van der Waals surface area (Å²) in [6.45, 7) is 10.8. The zero-order chi connectivity index (χ0) is 13.1. The smallest absolute Gasteiger partial charge is 0.191 e. The quantitative estimate of drug-likeness (QED) is 0.414. The molecule has 1 rings (SSSR count). The fourth-order valence-corrected chi connectivity index (χ4v) is 2.21. The van der Waals surface area contributed by atoms with Crippen LogP contribution in [0.3, 0.4) is 0 Å². The first-order chi connectivity index (χ1) is 8.86. The molecule has 0 radical (unpaired) electrons. The fraction of sp³-hybridized carbons (Fsp3) is 0.929. The molecule has 0 aromatic rings. The number of hydrogen-bond donors (Lipinski definition) is 2. The van der Waals surface area contributed by atoms with Gasteiger partial charge in [-0.25, -0.2) is 0 Å². The van der Waals surface area contributed by atoms with Crippen LogP contribution in [0.1, 0.15) is 46.0 Å². The number of nitrogens with one attached hydrogen (secondary N) is 2. The summed E-state index contributed by atoms with van der Waals surface area (Å²) >= 11 is 0. The first-order valence-corrected chi connectivity index (χ1v) is 7.61. The second-order valence-electron chi connectivity index (χ2n) is 4.94. The van der Waals surface area contributed by atoms with Crippen molar-refractivity contribution in [2.45, 2.75) is 46.0 Å². The minimum Gasteiger partial charge on any atom is -0.357 e. The predicted molar refractivity (Wildman–Crippen MR) is 79.2 cm³/mol. The highest BCUT2D eigenvalue weighted by Gasteiger charge is 2.09. The summed E-state index contributed by atoms with van der Waals surface area (Å²) in [6, 6.07) is 0. The number of aliphatic imine (C=N–C) groups is 1. The third kappa shape index (κ3) is 6.84. The maximum Gasteiger partial charge on any atom is 0.191 e. The third-order valence-corrected chi connectivity index (χ3v) is 3.29. The molecular formula is C14H30N4. The normalized spacial score (nSPS) is 17.8. The molecule has 0 aromatic heterocycles. The third-order valence-electron chi connectivity index (χ3n) is 3.29. The molecule has 4 nitrogen and oxygen atoms in total. The van der Waals surface area contributed by atoms with Crippen molar-refractivity contribution in [1.82, 2.24) is 15.5 Å². The van der Waals surface area contributed by atoms with Crippen LogP contribution >= 0.6 is 0 Å². The molecule has 1 heterocycles. The van der Waals surface area contributed by atoms with Crippen molar-refractivity contribution < 1.29 is 0 Å². The molecule has 0 spiro atoms. The minimum atomic E-state index is 0.926. The lowest BCUT2D eigenvalue weighted by molar-refractivity contribution is 0.232. The summed E-state index contributed by atoms with van der Waals surface area (Å²) < 4.78 is 0. The van der Waals surface area contributed by atoms with Gasteiger partial charge < -0.3 is 15.5 Å². The SMILES string of the molecule is CCCCN=C(NCC)NCCN1CCCCC1. The van der Waals surface area contributed by atoms with Crippen molar-refractivity contribution in [2.24, 2.45) is 4.99 Å². The van der Waals surface area contributed by atoms with Crippen molar-refractivity contribution >= 4 is 5.96 Å². The summed E-state index contributed by atoms with van der Waals surface area (Å²) in [5.41, 5.74) is 0. The van der Waals surface area contributed by atoms with Crippen LogP contribution in [0.25, 0.3) is 0 Å². The van der Waals surface area contributed by atoms with Crippen molar-refractivity contribution in [3.63, 3.8) is 0 Å². The highest BCUT2D eigenvalue weighted by atomic mass is 15.2. The maximum atomic E-state index is 4.56. The van der Waals surface area contributed by atoms with Gasteiger partial charge in [0.25, 0.3) is 0 Å². The Morgan fingerprint density at radius 2 is 1.89 bits per heavy atom. The molecule has 106 valence electrons. The highest BCUT2D eigenvalue weighted by Crippen LogP contribution is 2.07. The summed E-state index contributed by atoms with van der Waals surface area (Å²) in [4.78, 5) is 7.11. The summed E-state index contributed by atoms with van der Waals surface area (Å²) in [6.07, 6.45) is 6.51. The van der Waals surface area contributed by atoms with Crippen LogP contribution in [0.15, 0.2) is 4.99 Å². The van der Waals surface area contributed by atoms with E-state index in [9.17, 15) is 0 Å². The molecule has 0 bridgehead atoms. The van der Waals surface area contributed by atoms with Crippen molar-refractivity contribution in [3.05, 3.63) is 0 Å². The van der Waals surface area contributed by atoms with E-state index in [1.165, 1.54) is 45.2 Å². The van der Waals surface area contributed by atoms with E-state index in [4.69, 9.17) is 0 Å². The molecule has 1 saturated heterocycles. The number of piperidine rings is 1. The number of rotatable bonds is 7. The van der Waals surface area contributed by atoms with Gasteiger partial charge in [0.15, 0.2) is 5.96 Å². The summed E-state index contributed by atoms with van der Waals surface area (Å²) in [5.74, 6) is 0.975. The molecule has 0 aromatic carbocycles. The Bertz CT molecular complexity index is 222. The molecule has 0 unspecified atom stereocenters. The standard InChI is InChI=1S/C14H30N4/c1-3-5-9-16-14(15-4-2)17-10-13-18-11-7-6-8-12-18/h3-13H2,1-2H3,(H2,15,16,17). The van der Waals surface area contributed by atoms with Crippen LogP contribution in [0.4, 0.5) is 0 Å².